The molecular formula is C12H17F3N2. The van der Waals surface area contributed by atoms with E-state index in [4.69, 9.17) is 5.84 Å². The molecule has 0 saturated carbocycles. The molecule has 0 radical (unpaired) electrons. The van der Waals surface area contributed by atoms with Gasteiger partial charge in [0.15, 0.2) is 0 Å². The minimum Gasteiger partial charge on any atom is -0.271 e. The molecule has 0 fully saturated rings. The van der Waals surface area contributed by atoms with Gasteiger partial charge in [-0.3, -0.25) is 11.3 Å². The van der Waals surface area contributed by atoms with Gasteiger partial charge < -0.3 is 0 Å². The molecule has 17 heavy (non-hydrogen) atoms. The van der Waals surface area contributed by atoms with Crippen LogP contribution in [0.3, 0.4) is 0 Å². The number of benzene rings is 1. The number of nitrogens with one attached hydrogen (secondary N) is 1. The van der Waals surface area contributed by atoms with E-state index >= 15 is 0 Å². The van der Waals surface area contributed by atoms with Gasteiger partial charge in [-0.25, -0.2) is 13.2 Å². The van der Waals surface area contributed by atoms with Crippen molar-refractivity contribution >= 4 is 0 Å². The Kier molecular flexibility index (Phi) is 4.96. The molecule has 1 aromatic rings. The standard InChI is InChI=1S/C12H17F3N2/c1-7(2)3-4-11(17-16)12-9(14)5-8(13)6-10(12)15/h5-7,11,17H,3-4,16H2,1-2H3. The maximum absolute atomic E-state index is 13.5. The molecule has 0 spiro atoms. The van der Waals surface area contributed by atoms with E-state index in [9.17, 15) is 13.2 Å². The molecule has 0 aliphatic heterocycles. The van der Waals surface area contributed by atoms with Crippen LogP contribution in [-0.4, -0.2) is 0 Å². The number of nitrogens with two attached hydrogens (primary N) is 1. The molecule has 5 heteroatoms. The molecule has 0 heterocycles. The molecule has 0 aromatic heterocycles. The monoisotopic (exact) mass is 246 g/mol. The number of rotatable bonds is 5. The lowest BCUT2D eigenvalue weighted by atomic mass is 9.97. The number of hydrogen-bond acceptors (Lipinski definition) is 2. The average molecular weight is 246 g/mol. The summed E-state index contributed by atoms with van der Waals surface area (Å²) in [4.78, 5) is 0. The Hall–Kier alpha value is -1.07. The lowest BCUT2D eigenvalue weighted by molar-refractivity contribution is 0.412. The zero-order valence-electron chi connectivity index (χ0n) is 9.93. The third-order valence-electron chi connectivity index (χ3n) is 2.63. The Labute approximate surface area is 99.0 Å². The maximum Gasteiger partial charge on any atom is 0.133 e. The third-order valence-corrected chi connectivity index (χ3v) is 2.63. The molecule has 1 rings (SSSR count). The minimum atomic E-state index is -0.927. The molecule has 2 nitrogen and oxygen atoms in total. The normalized spacial score (nSPS) is 13.1. The van der Waals surface area contributed by atoms with Crippen LogP contribution in [-0.2, 0) is 0 Å². The van der Waals surface area contributed by atoms with Gasteiger partial charge in [-0.1, -0.05) is 13.8 Å². The molecule has 0 aliphatic carbocycles. The SMILES string of the molecule is CC(C)CCC(NN)c1c(F)cc(F)cc1F. The molecule has 96 valence electrons. The first kappa shape index (κ1) is 14.0. The van der Waals surface area contributed by atoms with Gasteiger partial charge in [0.25, 0.3) is 0 Å². The van der Waals surface area contributed by atoms with Crippen LogP contribution >= 0.6 is 0 Å². The highest BCUT2D eigenvalue weighted by atomic mass is 19.1. The molecule has 0 aliphatic rings. The van der Waals surface area contributed by atoms with Gasteiger partial charge in [0, 0.05) is 17.7 Å². The second-order valence-corrected chi connectivity index (χ2v) is 4.47. The highest BCUT2D eigenvalue weighted by Gasteiger charge is 2.20. The van der Waals surface area contributed by atoms with Gasteiger partial charge in [0.1, 0.15) is 17.5 Å². The zero-order chi connectivity index (χ0) is 13.0. The Morgan fingerprint density at radius 2 is 1.65 bits per heavy atom. The summed E-state index contributed by atoms with van der Waals surface area (Å²) in [5.41, 5.74) is 2.17. The fourth-order valence-corrected chi connectivity index (χ4v) is 1.70. The average Bonchev–Trinajstić information content (AvgIpc) is 2.21. The first-order chi connectivity index (χ1) is 7.95. The van der Waals surface area contributed by atoms with E-state index in [2.05, 4.69) is 5.43 Å². The summed E-state index contributed by atoms with van der Waals surface area (Å²) < 4.78 is 39.8. The third kappa shape index (κ3) is 3.71. The largest absolute Gasteiger partial charge is 0.271 e. The van der Waals surface area contributed by atoms with Crippen molar-refractivity contribution in [3.05, 3.63) is 35.1 Å². The summed E-state index contributed by atoms with van der Waals surface area (Å²) in [6, 6.07) is 0.689. The van der Waals surface area contributed by atoms with Crippen molar-refractivity contribution in [3.63, 3.8) is 0 Å². The summed E-state index contributed by atoms with van der Waals surface area (Å²) in [6.07, 6.45) is 1.26. The molecule has 0 bridgehead atoms. The lowest BCUT2D eigenvalue weighted by Crippen LogP contribution is -2.30. The highest BCUT2D eigenvalue weighted by Crippen LogP contribution is 2.26. The van der Waals surface area contributed by atoms with Crippen LogP contribution in [0.15, 0.2) is 12.1 Å². The summed E-state index contributed by atoms with van der Waals surface area (Å²) in [5.74, 6) is 2.95. The number of hydrazine groups is 1. The highest BCUT2D eigenvalue weighted by molar-refractivity contribution is 5.24. The molecule has 0 amide bonds. The number of hydrogen-bond donors (Lipinski definition) is 2. The topological polar surface area (TPSA) is 38.0 Å². The van der Waals surface area contributed by atoms with Crippen LogP contribution in [0.2, 0.25) is 0 Å². The van der Waals surface area contributed by atoms with Gasteiger partial charge >= 0.3 is 0 Å². The van der Waals surface area contributed by atoms with Crippen LogP contribution in [0.4, 0.5) is 13.2 Å². The molecule has 1 atom stereocenters. The Balaban J connectivity index is 2.95. The van der Waals surface area contributed by atoms with Crippen molar-refractivity contribution in [2.75, 3.05) is 0 Å². The van der Waals surface area contributed by atoms with E-state index in [-0.39, 0.29) is 5.56 Å². The van der Waals surface area contributed by atoms with E-state index in [0.717, 1.165) is 6.42 Å². The van der Waals surface area contributed by atoms with Crippen molar-refractivity contribution < 1.29 is 13.2 Å². The fraction of sp³-hybridized carbons (Fsp3) is 0.500. The van der Waals surface area contributed by atoms with Gasteiger partial charge in [0.05, 0.1) is 6.04 Å². The van der Waals surface area contributed by atoms with Gasteiger partial charge in [-0.05, 0) is 18.8 Å². The minimum absolute atomic E-state index is 0.199. The quantitative estimate of drug-likeness (QED) is 0.619. The van der Waals surface area contributed by atoms with E-state index in [1.807, 2.05) is 13.8 Å². The van der Waals surface area contributed by atoms with Gasteiger partial charge in [0.2, 0.25) is 0 Å². The van der Waals surface area contributed by atoms with Crippen LogP contribution in [0.5, 0.6) is 0 Å². The van der Waals surface area contributed by atoms with Crippen molar-refractivity contribution in [2.24, 2.45) is 11.8 Å². The number of halogens is 3. The molecule has 3 N–H and O–H groups in total. The van der Waals surface area contributed by atoms with Crippen LogP contribution in [0.1, 0.15) is 38.3 Å². The Morgan fingerprint density at radius 3 is 2.06 bits per heavy atom. The van der Waals surface area contributed by atoms with Gasteiger partial charge in [-0.15, -0.1) is 0 Å². The summed E-state index contributed by atoms with van der Waals surface area (Å²) in [5, 5.41) is 0. The molecule has 1 unspecified atom stereocenters. The van der Waals surface area contributed by atoms with E-state index in [1.165, 1.54) is 0 Å². The van der Waals surface area contributed by atoms with Crippen molar-refractivity contribution in [3.8, 4) is 0 Å². The van der Waals surface area contributed by atoms with E-state index < -0.39 is 23.5 Å². The molecular weight excluding hydrogens is 229 g/mol. The summed E-state index contributed by atoms with van der Waals surface area (Å²) in [6.45, 7) is 4.01. The Morgan fingerprint density at radius 1 is 1.12 bits per heavy atom. The lowest BCUT2D eigenvalue weighted by Gasteiger charge is -2.18. The second-order valence-electron chi connectivity index (χ2n) is 4.47. The molecule has 0 saturated heterocycles. The summed E-state index contributed by atoms with van der Waals surface area (Å²) in [7, 11) is 0. The van der Waals surface area contributed by atoms with Crippen molar-refractivity contribution in [1.29, 1.82) is 0 Å². The van der Waals surface area contributed by atoms with E-state index in [0.29, 0.717) is 24.5 Å². The van der Waals surface area contributed by atoms with E-state index in [1.54, 1.807) is 0 Å². The zero-order valence-corrected chi connectivity index (χ0v) is 9.93. The van der Waals surface area contributed by atoms with Crippen LogP contribution in [0, 0.1) is 23.4 Å². The Bertz CT molecular complexity index is 357. The smallest absolute Gasteiger partial charge is 0.133 e. The van der Waals surface area contributed by atoms with Crippen LogP contribution in [0.25, 0.3) is 0 Å². The predicted octanol–water partition coefficient (Wildman–Crippen LogP) is 3.04. The maximum atomic E-state index is 13.5. The summed E-state index contributed by atoms with van der Waals surface area (Å²) >= 11 is 0. The predicted molar refractivity (Wildman–Crippen MR) is 60.5 cm³/mol. The first-order valence-corrected chi connectivity index (χ1v) is 5.56. The second kappa shape index (κ2) is 6.02. The van der Waals surface area contributed by atoms with Crippen LogP contribution < -0.4 is 11.3 Å². The van der Waals surface area contributed by atoms with Crippen molar-refractivity contribution in [1.82, 2.24) is 5.43 Å². The fourth-order valence-electron chi connectivity index (χ4n) is 1.70. The molecule has 1 aromatic carbocycles. The van der Waals surface area contributed by atoms with Gasteiger partial charge in [-0.2, -0.15) is 0 Å². The van der Waals surface area contributed by atoms with Crippen molar-refractivity contribution in [2.45, 2.75) is 32.7 Å². The first-order valence-electron chi connectivity index (χ1n) is 5.56.